The molecule has 0 saturated heterocycles. The van der Waals surface area contributed by atoms with Crippen molar-refractivity contribution in [3.05, 3.63) is 70.6 Å². The lowest BCUT2D eigenvalue weighted by Gasteiger charge is -2.08. The van der Waals surface area contributed by atoms with E-state index in [2.05, 4.69) is 13.8 Å². The Balaban J connectivity index is 1.98. The molecule has 0 spiro atoms. The van der Waals surface area contributed by atoms with E-state index in [0.717, 1.165) is 24.1 Å². The van der Waals surface area contributed by atoms with E-state index in [1.165, 1.54) is 21.8 Å². The lowest BCUT2D eigenvalue weighted by molar-refractivity contribution is 0.514. The predicted octanol–water partition coefficient (Wildman–Crippen LogP) is 6.88. The van der Waals surface area contributed by atoms with Gasteiger partial charge in [-0.15, -0.1) is 11.3 Å². The van der Waals surface area contributed by atoms with Gasteiger partial charge in [-0.25, -0.2) is 8.78 Å². The fourth-order valence-electron chi connectivity index (χ4n) is 2.79. The summed E-state index contributed by atoms with van der Waals surface area (Å²) in [7, 11) is 0. The number of rotatable bonds is 5. The van der Waals surface area contributed by atoms with Crippen molar-refractivity contribution >= 4 is 11.3 Å². The van der Waals surface area contributed by atoms with Crippen LogP contribution in [0.15, 0.2) is 48.5 Å². The summed E-state index contributed by atoms with van der Waals surface area (Å²) in [6.45, 7) is 4.18. The highest BCUT2D eigenvalue weighted by molar-refractivity contribution is 7.15. The number of hydrogen-bond donors (Lipinski definition) is 0. The van der Waals surface area contributed by atoms with E-state index in [1.54, 1.807) is 12.1 Å². The van der Waals surface area contributed by atoms with Crippen molar-refractivity contribution in [1.29, 1.82) is 0 Å². The Kier molecular flexibility index (Phi) is 5.10. The van der Waals surface area contributed by atoms with Gasteiger partial charge in [0.05, 0.1) is 0 Å². The SMILES string of the molecule is CCCc1ccc(-c2ccc(-c3ccc(CC)cc3)c(F)c2F)s1. The zero-order chi connectivity index (χ0) is 17.1. The lowest BCUT2D eigenvalue weighted by atomic mass is 10.0. The second-order valence-electron chi connectivity index (χ2n) is 5.86. The Hall–Kier alpha value is -2.00. The largest absolute Gasteiger partial charge is 0.203 e. The van der Waals surface area contributed by atoms with Crippen LogP contribution in [0.3, 0.4) is 0 Å². The molecule has 0 bridgehead atoms. The first kappa shape index (κ1) is 16.8. The molecule has 124 valence electrons. The quantitative estimate of drug-likeness (QED) is 0.474. The highest BCUT2D eigenvalue weighted by atomic mass is 32.1. The molecule has 0 atom stereocenters. The summed E-state index contributed by atoms with van der Waals surface area (Å²) in [5.74, 6) is -1.54. The van der Waals surface area contributed by atoms with Crippen LogP contribution in [-0.2, 0) is 12.8 Å². The molecular weight excluding hydrogens is 322 g/mol. The molecule has 0 nitrogen and oxygen atoms in total. The molecule has 1 aromatic heterocycles. The van der Waals surface area contributed by atoms with Gasteiger partial charge < -0.3 is 0 Å². The minimum Gasteiger partial charge on any atom is -0.203 e. The van der Waals surface area contributed by atoms with Crippen molar-refractivity contribution in [2.24, 2.45) is 0 Å². The molecule has 3 rings (SSSR count). The summed E-state index contributed by atoms with van der Waals surface area (Å²) in [4.78, 5) is 1.98. The first-order chi connectivity index (χ1) is 11.6. The Morgan fingerprint density at radius 3 is 2.12 bits per heavy atom. The molecular formula is C21H20F2S. The van der Waals surface area contributed by atoms with Crippen LogP contribution >= 0.6 is 11.3 Å². The van der Waals surface area contributed by atoms with Gasteiger partial charge in [-0.2, -0.15) is 0 Å². The van der Waals surface area contributed by atoms with Crippen LogP contribution < -0.4 is 0 Å². The average molecular weight is 342 g/mol. The van der Waals surface area contributed by atoms with Crippen molar-refractivity contribution in [2.45, 2.75) is 33.1 Å². The number of benzene rings is 2. The van der Waals surface area contributed by atoms with E-state index in [0.29, 0.717) is 16.7 Å². The lowest BCUT2D eigenvalue weighted by Crippen LogP contribution is -1.93. The Morgan fingerprint density at radius 1 is 0.792 bits per heavy atom. The summed E-state index contributed by atoms with van der Waals surface area (Å²) >= 11 is 1.53. The molecule has 0 fully saturated rings. The summed E-state index contributed by atoms with van der Waals surface area (Å²) in [6.07, 6.45) is 2.94. The third kappa shape index (κ3) is 3.27. The van der Waals surface area contributed by atoms with E-state index in [9.17, 15) is 8.78 Å². The molecule has 1 heterocycles. The number of hydrogen-bond acceptors (Lipinski definition) is 1. The van der Waals surface area contributed by atoms with E-state index in [4.69, 9.17) is 0 Å². The van der Waals surface area contributed by atoms with Gasteiger partial charge in [0.25, 0.3) is 0 Å². The van der Waals surface area contributed by atoms with Crippen LogP contribution in [0.25, 0.3) is 21.6 Å². The van der Waals surface area contributed by atoms with Gasteiger partial charge >= 0.3 is 0 Å². The fraction of sp³-hybridized carbons (Fsp3) is 0.238. The molecule has 0 N–H and O–H groups in total. The number of aryl methyl sites for hydroxylation is 2. The first-order valence-electron chi connectivity index (χ1n) is 8.30. The van der Waals surface area contributed by atoms with Gasteiger partial charge in [-0.3, -0.25) is 0 Å². The second kappa shape index (κ2) is 7.27. The van der Waals surface area contributed by atoms with Gasteiger partial charge in [0.2, 0.25) is 0 Å². The van der Waals surface area contributed by atoms with Gasteiger partial charge in [0.15, 0.2) is 11.6 Å². The third-order valence-electron chi connectivity index (χ3n) is 4.18. The van der Waals surface area contributed by atoms with Gasteiger partial charge in [0, 0.05) is 20.9 Å². The number of thiophene rings is 1. The zero-order valence-corrected chi connectivity index (χ0v) is 14.7. The van der Waals surface area contributed by atoms with Gasteiger partial charge in [-0.1, -0.05) is 50.6 Å². The molecule has 0 aliphatic heterocycles. The topological polar surface area (TPSA) is 0 Å². The maximum Gasteiger partial charge on any atom is 0.168 e. The number of halogens is 2. The zero-order valence-electron chi connectivity index (χ0n) is 13.9. The minimum absolute atomic E-state index is 0.309. The van der Waals surface area contributed by atoms with E-state index in [1.807, 2.05) is 36.4 Å². The molecule has 3 heteroatoms. The Labute approximate surface area is 145 Å². The van der Waals surface area contributed by atoms with Crippen LogP contribution in [-0.4, -0.2) is 0 Å². The molecule has 0 radical (unpaired) electrons. The maximum absolute atomic E-state index is 14.6. The van der Waals surface area contributed by atoms with Gasteiger partial charge in [-0.05, 0) is 42.2 Å². The van der Waals surface area contributed by atoms with Crippen molar-refractivity contribution in [2.75, 3.05) is 0 Å². The highest BCUT2D eigenvalue weighted by Crippen LogP contribution is 2.35. The van der Waals surface area contributed by atoms with Crippen molar-refractivity contribution < 1.29 is 8.78 Å². The normalized spacial score (nSPS) is 11.0. The minimum atomic E-state index is -0.776. The summed E-state index contributed by atoms with van der Waals surface area (Å²) < 4.78 is 29.2. The average Bonchev–Trinajstić information content (AvgIpc) is 3.06. The molecule has 2 aromatic carbocycles. The molecule has 0 saturated carbocycles. The Bertz CT molecular complexity index is 832. The van der Waals surface area contributed by atoms with Crippen molar-refractivity contribution in [3.8, 4) is 21.6 Å². The van der Waals surface area contributed by atoms with Crippen molar-refractivity contribution in [1.82, 2.24) is 0 Å². The molecule has 0 amide bonds. The van der Waals surface area contributed by atoms with Crippen LogP contribution in [0.2, 0.25) is 0 Å². The fourth-order valence-corrected chi connectivity index (χ4v) is 3.91. The summed E-state index contributed by atoms with van der Waals surface area (Å²) in [5.41, 5.74) is 2.53. The monoisotopic (exact) mass is 342 g/mol. The molecule has 0 aliphatic carbocycles. The Morgan fingerprint density at radius 2 is 1.46 bits per heavy atom. The van der Waals surface area contributed by atoms with E-state index < -0.39 is 11.6 Å². The standard InChI is InChI=1S/C21H20F2S/c1-3-5-16-10-13-19(24-16)18-12-11-17(20(22)21(18)23)15-8-6-14(4-2)7-9-15/h6-13H,3-5H2,1-2H3. The van der Waals surface area contributed by atoms with Crippen LogP contribution in [0.4, 0.5) is 8.78 Å². The predicted molar refractivity (Wildman–Crippen MR) is 98.5 cm³/mol. The maximum atomic E-state index is 14.6. The molecule has 0 unspecified atom stereocenters. The smallest absolute Gasteiger partial charge is 0.168 e. The molecule has 24 heavy (non-hydrogen) atoms. The van der Waals surface area contributed by atoms with Crippen LogP contribution in [0.1, 0.15) is 30.7 Å². The third-order valence-corrected chi connectivity index (χ3v) is 5.36. The van der Waals surface area contributed by atoms with Gasteiger partial charge in [0.1, 0.15) is 0 Å². The van der Waals surface area contributed by atoms with Crippen molar-refractivity contribution in [3.63, 3.8) is 0 Å². The summed E-state index contributed by atoms with van der Waals surface area (Å²) in [5, 5.41) is 0. The van der Waals surface area contributed by atoms with E-state index >= 15 is 0 Å². The van der Waals surface area contributed by atoms with Crippen LogP contribution in [0, 0.1) is 11.6 Å². The summed E-state index contributed by atoms with van der Waals surface area (Å²) in [6, 6.07) is 14.8. The molecule has 3 aromatic rings. The van der Waals surface area contributed by atoms with E-state index in [-0.39, 0.29) is 0 Å². The highest BCUT2D eigenvalue weighted by Gasteiger charge is 2.17. The second-order valence-corrected chi connectivity index (χ2v) is 7.02. The van der Waals surface area contributed by atoms with Crippen LogP contribution in [0.5, 0.6) is 0 Å². The molecule has 0 aliphatic rings. The first-order valence-corrected chi connectivity index (χ1v) is 9.12.